The van der Waals surface area contributed by atoms with Crippen LogP contribution < -0.4 is 4.74 Å². The Morgan fingerprint density at radius 2 is 1.81 bits per heavy atom. The standard InChI is InChI=1S/C23H23N5O2S/c1-15(21-25-26-22(30-21)18-10-12-19(29-2)13-11-18)31-23-27-24-20(17-8-9-17)28(23)14-16-6-4-3-5-7-16/h3-7,10-13,15,17H,8-9,14H2,1-2H3. The maximum atomic E-state index is 5.96. The van der Waals surface area contributed by atoms with Gasteiger partial charge in [-0.25, -0.2) is 0 Å². The van der Waals surface area contributed by atoms with E-state index in [9.17, 15) is 0 Å². The van der Waals surface area contributed by atoms with E-state index in [1.165, 1.54) is 18.4 Å². The highest BCUT2D eigenvalue weighted by molar-refractivity contribution is 7.99. The fourth-order valence-electron chi connectivity index (χ4n) is 3.40. The van der Waals surface area contributed by atoms with E-state index in [2.05, 4.69) is 49.2 Å². The topological polar surface area (TPSA) is 78.9 Å². The molecule has 158 valence electrons. The molecule has 0 bridgehead atoms. The van der Waals surface area contributed by atoms with E-state index in [-0.39, 0.29) is 5.25 Å². The first-order valence-electron chi connectivity index (χ1n) is 10.3. The number of ether oxygens (including phenoxy) is 1. The molecule has 2 heterocycles. The van der Waals surface area contributed by atoms with Gasteiger partial charge in [-0.15, -0.1) is 20.4 Å². The van der Waals surface area contributed by atoms with E-state index in [0.717, 1.165) is 28.8 Å². The lowest BCUT2D eigenvalue weighted by molar-refractivity contribution is 0.415. The van der Waals surface area contributed by atoms with Crippen LogP contribution in [0.5, 0.6) is 5.75 Å². The molecule has 0 radical (unpaired) electrons. The van der Waals surface area contributed by atoms with E-state index in [4.69, 9.17) is 9.15 Å². The van der Waals surface area contributed by atoms with Crippen molar-refractivity contribution >= 4 is 11.8 Å². The maximum absolute atomic E-state index is 5.96. The monoisotopic (exact) mass is 433 g/mol. The molecule has 0 saturated heterocycles. The van der Waals surface area contributed by atoms with E-state index >= 15 is 0 Å². The Labute approximate surface area is 184 Å². The van der Waals surface area contributed by atoms with Crippen molar-refractivity contribution in [3.63, 3.8) is 0 Å². The van der Waals surface area contributed by atoms with Gasteiger partial charge in [0.2, 0.25) is 11.8 Å². The lowest BCUT2D eigenvalue weighted by Crippen LogP contribution is -2.06. The number of aromatic nitrogens is 5. The van der Waals surface area contributed by atoms with Gasteiger partial charge in [-0.2, -0.15) is 0 Å². The van der Waals surface area contributed by atoms with Crippen molar-refractivity contribution in [3.05, 3.63) is 71.9 Å². The summed E-state index contributed by atoms with van der Waals surface area (Å²) < 4.78 is 13.4. The summed E-state index contributed by atoms with van der Waals surface area (Å²) in [5.41, 5.74) is 2.10. The summed E-state index contributed by atoms with van der Waals surface area (Å²) in [5, 5.41) is 18.3. The highest BCUT2D eigenvalue weighted by Gasteiger charge is 2.31. The molecular formula is C23H23N5O2S. The van der Waals surface area contributed by atoms with Crippen LogP contribution in [0.2, 0.25) is 0 Å². The fraction of sp³-hybridized carbons (Fsp3) is 0.304. The average Bonchev–Trinajstić information content (AvgIpc) is 3.40. The van der Waals surface area contributed by atoms with E-state index in [1.807, 2.05) is 37.3 Å². The van der Waals surface area contributed by atoms with Crippen LogP contribution in [-0.4, -0.2) is 32.1 Å². The molecule has 0 amide bonds. The minimum absolute atomic E-state index is 0.0507. The molecule has 8 heteroatoms. The van der Waals surface area contributed by atoms with Crippen molar-refractivity contribution in [2.24, 2.45) is 0 Å². The average molecular weight is 434 g/mol. The maximum Gasteiger partial charge on any atom is 0.247 e. The Bertz CT molecular complexity index is 1150. The second-order valence-corrected chi connectivity index (χ2v) is 8.93. The van der Waals surface area contributed by atoms with Gasteiger partial charge in [-0.1, -0.05) is 42.1 Å². The molecule has 31 heavy (non-hydrogen) atoms. The number of hydrogen-bond donors (Lipinski definition) is 0. The summed E-state index contributed by atoms with van der Waals surface area (Å²) in [6.45, 7) is 2.81. The van der Waals surface area contributed by atoms with Gasteiger partial charge in [0, 0.05) is 11.5 Å². The molecule has 1 aliphatic rings. The number of benzene rings is 2. The predicted octanol–water partition coefficient (Wildman–Crippen LogP) is 5.12. The molecule has 0 N–H and O–H groups in total. The molecule has 2 aromatic heterocycles. The van der Waals surface area contributed by atoms with Crippen LogP contribution in [-0.2, 0) is 6.54 Å². The number of hydrogen-bond acceptors (Lipinski definition) is 7. The molecule has 1 unspecified atom stereocenters. The third-order valence-corrected chi connectivity index (χ3v) is 6.35. The summed E-state index contributed by atoms with van der Waals surface area (Å²) in [5.74, 6) is 3.44. The van der Waals surface area contributed by atoms with Gasteiger partial charge in [0.15, 0.2) is 5.16 Å². The molecular weight excluding hydrogens is 410 g/mol. The van der Waals surface area contributed by atoms with Crippen LogP contribution >= 0.6 is 11.8 Å². The second-order valence-electron chi connectivity index (χ2n) is 7.62. The van der Waals surface area contributed by atoms with Crippen molar-refractivity contribution in [2.75, 3.05) is 7.11 Å². The Morgan fingerprint density at radius 1 is 1.03 bits per heavy atom. The largest absolute Gasteiger partial charge is 0.497 e. The first-order valence-corrected chi connectivity index (χ1v) is 11.2. The van der Waals surface area contributed by atoms with Crippen LogP contribution in [0.25, 0.3) is 11.5 Å². The number of rotatable bonds is 8. The van der Waals surface area contributed by atoms with Crippen LogP contribution in [0, 0.1) is 0 Å². The molecule has 1 aliphatic carbocycles. The quantitative estimate of drug-likeness (QED) is 0.357. The molecule has 4 aromatic rings. The Hall–Kier alpha value is -3.13. The molecule has 2 aromatic carbocycles. The SMILES string of the molecule is COc1ccc(-c2nnc(C(C)Sc3nnc(C4CC4)n3Cc3ccccc3)o2)cc1. The summed E-state index contributed by atoms with van der Waals surface area (Å²) in [7, 11) is 1.64. The Balaban J connectivity index is 1.35. The van der Waals surface area contributed by atoms with Gasteiger partial charge in [0.1, 0.15) is 11.6 Å². The van der Waals surface area contributed by atoms with Gasteiger partial charge < -0.3 is 13.7 Å². The van der Waals surface area contributed by atoms with Crippen molar-refractivity contribution in [1.82, 2.24) is 25.0 Å². The van der Waals surface area contributed by atoms with Crippen LogP contribution in [0.1, 0.15) is 48.2 Å². The Morgan fingerprint density at radius 3 is 2.52 bits per heavy atom. The van der Waals surface area contributed by atoms with Crippen molar-refractivity contribution in [3.8, 4) is 17.2 Å². The zero-order valence-corrected chi connectivity index (χ0v) is 18.2. The molecule has 1 saturated carbocycles. The third-order valence-electron chi connectivity index (χ3n) is 5.28. The van der Waals surface area contributed by atoms with Gasteiger partial charge >= 0.3 is 0 Å². The summed E-state index contributed by atoms with van der Waals surface area (Å²) in [4.78, 5) is 0. The van der Waals surface area contributed by atoms with Crippen LogP contribution in [0.4, 0.5) is 0 Å². The van der Waals surface area contributed by atoms with Gasteiger partial charge in [0.25, 0.3) is 0 Å². The van der Waals surface area contributed by atoms with Gasteiger partial charge in [-0.3, -0.25) is 0 Å². The highest BCUT2D eigenvalue weighted by Crippen LogP contribution is 2.42. The first kappa shape index (κ1) is 19.8. The lowest BCUT2D eigenvalue weighted by atomic mass is 10.2. The molecule has 7 nitrogen and oxygen atoms in total. The van der Waals surface area contributed by atoms with Crippen LogP contribution in [0.3, 0.4) is 0 Å². The molecule has 5 rings (SSSR count). The van der Waals surface area contributed by atoms with Crippen molar-refractivity contribution < 1.29 is 9.15 Å². The summed E-state index contributed by atoms with van der Waals surface area (Å²) in [6, 6.07) is 18.0. The molecule has 0 spiro atoms. The third kappa shape index (κ3) is 4.34. The number of methoxy groups -OCH3 is 1. The second kappa shape index (κ2) is 8.55. The minimum Gasteiger partial charge on any atom is -0.497 e. The zero-order valence-electron chi connectivity index (χ0n) is 17.4. The molecule has 1 fully saturated rings. The van der Waals surface area contributed by atoms with Crippen molar-refractivity contribution in [2.45, 2.75) is 42.6 Å². The molecule has 1 atom stereocenters. The molecule has 0 aliphatic heterocycles. The number of nitrogens with zero attached hydrogens (tertiary/aromatic N) is 5. The predicted molar refractivity (Wildman–Crippen MR) is 118 cm³/mol. The fourth-order valence-corrected chi connectivity index (χ4v) is 4.29. The summed E-state index contributed by atoms with van der Waals surface area (Å²) >= 11 is 1.60. The number of thioether (sulfide) groups is 1. The highest BCUT2D eigenvalue weighted by atomic mass is 32.2. The van der Waals surface area contributed by atoms with E-state index in [1.54, 1.807) is 18.9 Å². The normalized spacial score (nSPS) is 14.5. The smallest absolute Gasteiger partial charge is 0.247 e. The minimum atomic E-state index is -0.0507. The van der Waals surface area contributed by atoms with Crippen LogP contribution in [0.15, 0.2) is 64.2 Å². The van der Waals surface area contributed by atoms with Crippen molar-refractivity contribution in [1.29, 1.82) is 0 Å². The van der Waals surface area contributed by atoms with E-state index in [0.29, 0.717) is 17.7 Å². The Kier molecular flexibility index (Phi) is 5.46. The summed E-state index contributed by atoms with van der Waals surface area (Å²) in [6.07, 6.45) is 2.37. The first-order chi connectivity index (χ1) is 15.2. The lowest BCUT2D eigenvalue weighted by Gasteiger charge is -2.11. The van der Waals surface area contributed by atoms with Gasteiger partial charge in [-0.05, 0) is 49.6 Å². The van der Waals surface area contributed by atoms with E-state index < -0.39 is 0 Å². The zero-order chi connectivity index (χ0) is 21.2. The van der Waals surface area contributed by atoms with Gasteiger partial charge in [0.05, 0.1) is 18.9 Å².